The van der Waals surface area contributed by atoms with Gasteiger partial charge in [-0.05, 0) is 19.2 Å². The summed E-state index contributed by atoms with van der Waals surface area (Å²) in [6.07, 6.45) is 0. The second-order valence-corrected chi connectivity index (χ2v) is 6.22. The topological polar surface area (TPSA) is 113 Å². The van der Waals surface area contributed by atoms with Gasteiger partial charge in [0.05, 0.1) is 5.56 Å². The first kappa shape index (κ1) is 16.9. The fourth-order valence-corrected chi connectivity index (χ4v) is 3.40. The molecular formula is C15H14N2O5S. The Labute approximate surface area is 132 Å². The van der Waals surface area contributed by atoms with Gasteiger partial charge in [-0.1, -0.05) is 24.3 Å². The number of hydrogen-bond donors (Lipinski definition) is 1. The summed E-state index contributed by atoms with van der Waals surface area (Å²) in [7, 11) is -3.41. The van der Waals surface area contributed by atoms with Crippen LogP contribution < -0.4 is 0 Å². The third kappa shape index (κ3) is 2.90. The molecule has 23 heavy (non-hydrogen) atoms. The average Bonchev–Trinajstić information content (AvgIpc) is 2.44. The molecule has 0 atom stereocenters. The van der Waals surface area contributed by atoms with Gasteiger partial charge in [-0.3, -0.25) is 14.1 Å². The summed E-state index contributed by atoms with van der Waals surface area (Å²) in [6, 6.07) is 6.11. The maximum atomic E-state index is 12.1. The Morgan fingerprint density at radius 1 is 1.00 bits per heavy atom. The Balaban J connectivity index is 3.29. The van der Waals surface area contributed by atoms with Crippen molar-refractivity contribution in [2.45, 2.75) is 18.7 Å². The summed E-state index contributed by atoms with van der Waals surface area (Å²) in [5, 5.41) is 7.58. The lowest BCUT2D eigenvalue weighted by molar-refractivity contribution is 0.0982. The van der Waals surface area contributed by atoms with Crippen molar-refractivity contribution in [3.05, 3.63) is 35.4 Å². The van der Waals surface area contributed by atoms with Crippen LogP contribution in [0.1, 0.15) is 34.6 Å². The molecule has 0 saturated carbocycles. The number of Topliss-reactive ketones (excluding diaryl/α,β-unsaturated/α-hetero) is 2. The van der Waals surface area contributed by atoms with Gasteiger partial charge in [0.15, 0.2) is 11.6 Å². The molecule has 2 aromatic rings. The number of nitrogens with zero attached hydrogens (tertiary/aromatic N) is 2. The van der Waals surface area contributed by atoms with Crippen LogP contribution in [0.4, 0.5) is 5.69 Å². The molecule has 120 valence electrons. The molecule has 1 N–H and O–H groups in total. The van der Waals surface area contributed by atoms with E-state index < -0.39 is 26.6 Å². The van der Waals surface area contributed by atoms with Crippen molar-refractivity contribution < 1.29 is 22.6 Å². The lowest BCUT2D eigenvalue weighted by Crippen LogP contribution is -2.10. The van der Waals surface area contributed by atoms with E-state index in [9.17, 15) is 22.6 Å². The van der Waals surface area contributed by atoms with Gasteiger partial charge < -0.3 is 0 Å². The van der Waals surface area contributed by atoms with Crippen molar-refractivity contribution in [2.75, 3.05) is 7.05 Å². The first-order valence-corrected chi connectivity index (χ1v) is 8.02. The maximum absolute atomic E-state index is 12.1. The fourth-order valence-electron chi connectivity index (χ4n) is 2.56. The Hall–Kier alpha value is -2.45. The first-order valence-electron chi connectivity index (χ1n) is 6.58. The SMILES string of the molecule is CN=Nc1c(C(C)=O)c(C(C)=O)c2ccccc2c1S(=O)(=O)O. The van der Waals surface area contributed by atoms with E-state index in [0.29, 0.717) is 0 Å². The second kappa shape index (κ2) is 5.98. The summed E-state index contributed by atoms with van der Waals surface area (Å²) >= 11 is 0. The third-order valence-corrected chi connectivity index (χ3v) is 4.23. The van der Waals surface area contributed by atoms with Crippen LogP contribution in [-0.4, -0.2) is 31.6 Å². The van der Waals surface area contributed by atoms with Crippen LogP contribution in [0.2, 0.25) is 0 Å². The molecule has 0 bridgehead atoms. The van der Waals surface area contributed by atoms with Gasteiger partial charge in [0.1, 0.15) is 10.6 Å². The Bertz CT molecular complexity index is 961. The zero-order valence-electron chi connectivity index (χ0n) is 12.7. The van der Waals surface area contributed by atoms with Crippen molar-refractivity contribution in [3.63, 3.8) is 0 Å². The number of carbonyl (C=O) groups excluding carboxylic acids is 2. The lowest BCUT2D eigenvalue weighted by Gasteiger charge is -2.15. The predicted molar refractivity (Wildman–Crippen MR) is 84.2 cm³/mol. The summed E-state index contributed by atoms with van der Waals surface area (Å²) in [5.74, 6) is -0.964. The predicted octanol–water partition coefficient (Wildman–Crippen LogP) is 3.21. The molecular weight excluding hydrogens is 320 g/mol. The smallest absolute Gasteiger partial charge is 0.294 e. The van der Waals surface area contributed by atoms with Crippen LogP contribution >= 0.6 is 0 Å². The van der Waals surface area contributed by atoms with Crippen molar-refractivity contribution in [3.8, 4) is 0 Å². The molecule has 7 nitrogen and oxygen atoms in total. The molecule has 0 fully saturated rings. The number of carbonyl (C=O) groups is 2. The van der Waals surface area contributed by atoms with Crippen molar-refractivity contribution in [2.24, 2.45) is 10.2 Å². The van der Waals surface area contributed by atoms with Crippen LogP contribution in [0.5, 0.6) is 0 Å². The molecule has 2 aromatic carbocycles. The molecule has 0 radical (unpaired) electrons. The molecule has 0 aromatic heterocycles. The monoisotopic (exact) mass is 334 g/mol. The standard InChI is InChI=1S/C15H14N2O5S/c1-8(18)12-10-6-4-5-7-11(10)15(23(20,21)22)14(17-16-3)13(12)9(2)19/h4-7H,1-3H3,(H,20,21,22). The lowest BCUT2D eigenvalue weighted by atomic mass is 9.92. The Morgan fingerprint density at radius 3 is 1.96 bits per heavy atom. The molecule has 8 heteroatoms. The van der Waals surface area contributed by atoms with Gasteiger partial charge in [-0.15, -0.1) is 0 Å². The molecule has 0 heterocycles. The van der Waals surface area contributed by atoms with Crippen LogP contribution in [0.15, 0.2) is 39.4 Å². The highest BCUT2D eigenvalue weighted by atomic mass is 32.2. The first-order chi connectivity index (χ1) is 10.7. The number of ketones is 2. The number of azo groups is 1. The molecule has 0 unspecified atom stereocenters. The molecule has 2 rings (SSSR count). The molecule has 0 spiro atoms. The van der Waals surface area contributed by atoms with Gasteiger partial charge in [0, 0.05) is 18.0 Å². The van der Waals surface area contributed by atoms with E-state index in [4.69, 9.17) is 0 Å². The van der Waals surface area contributed by atoms with Gasteiger partial charge in [-0.25, -0.2) is 0 Å². The van der Waals surface area contributed by atoms with E-state index in [-0.39, 0.29) is 27.6 Å². The number of rotatable bonds is 4. The van der Waals surface area contributed by atoms with Gasteiger partial charge >= 0.3 is 0 Å². The quantitative estimate of drug-likeness (QED) is 0.524. The number of benzene rings is 2. The van der Waals surface area contributed by atoms with E-state index in [0.717, 1.165) is 0 Å². The number of fused-ring (bicyclic) bond motifs is 1. The van der Waals surface area contributed by atoms with E-state index in [1.807, 2.05) is 0 Å². The van der Waals surface area contributed by atoms with Crippen LogP contribution in [-0.2, 0) is 10.1 Å². The summed E-state index contributed by atoms with van der Waals surface area (Å²) in [4.78, 5) is 23.6. The minimum Gasteiger partial charge on any atom is -0.294 e. The second-order valence-electron chi connectivity index (χ2n) is 4.86. The molecule has 0 aliphatic carbocycles. The highest BCUT2D eigenvalue weighted by Crippen LogP contribution is 2.39. The minimum atomic E-state index is -4.70. The normalized spacial score (nSPS) is 12.0. The third-order valence-electron chi connectivity index (χ3n) is 3.30. The molecule has 0 aliphatic heterocycles. The molecule has 0 saturated heterocycles. The summed E-state index contributed by atoms with van der Waals surface area (Å²) in [5.41, 5.74) is -0.441. The summed E-state index contributed by atoms with van der Waals surface area (Å²) < 4.78 is 33.3. The largest absolute Gasteiger partial charge is 0.297 e. The van der Waals surface area contributed by atoms with Gasteiger partial charge in [0.25, 0.3) is 10.1 Å². The average molecular weight is 334 g/mol. The zero-order chi connectivity index (χ0) is 17.4. The van der Waals surface area contributed by atoms with E-state index in [1.54, 1.807) is 12.1 Å². The van der Waals surface area contributed by atoms with Gasteiger partial charge in [0.2, 0.25) is 0 Å². The van der Waals surface area contributed by atoms with Crippen molar-refractivity contribution >= 4 is 38.1 Å². The van der Waals surface area contributed by atoms with Crippen LogP contribution in [0.25, 0.3) is 10.8 Å². The van der Waals surface area contributed by atoms with E-state index in [1.165, 1.54) is 33.0 Å². The fraction of sp³-hybridized carbons (Fsp3) is 0.200. The zero-order valence-corrected chi connectivity index (χ0v) is 13.5. The Morgan fingerprint density at radius 2 is 1.52 bits per heavy atom. The molecule has 0 amide bonds. The minimum absolute atomic E-state index is 0.0582. The van der Waals surface area contributed by atoms with E-state index >= 15 is 0 Å². The Kier molecular flexibility index (Phi) is 4.39. The molecule has 0 aliphatic rings. The highest BCUT2D eigenvalue weighted by molar-refractivity contribution is 7.86. The summed E-state index contributed by atoms with van der Waals surface area (Å²) in [6.45, 7) is 2.47. The number of hydrogen-bond acceptors (Lipinski definition) is 6. The maximum Gasteiger partial charge on any atom is 0.297 e. The highest BCUT2D eigenvalue weighted by Gasteiger charge is 2.29. The van der Waals surface area contributed by atoms with Crippen molar-refractivity contribution in [1.29, 1.82) is 0 Å². The van der Waals surface area contributed by atoms with E-state index in [2.05, 4.69) is 10.2 Å². The van der Waals surface area contributed by atoms with Crippen molar-refractivity contribution in [1.82, 2.24) is 0 Å². The van der Waals surface area contributed by atoms with Crippen LogP contribution in [0, 0.1) is 0 Å². The van der Waals surface area contributed by atoms with Crippen LogP contribution in [0.3, 0.4) is 0 Å². The van der Waals surface area contributed by atoms with Gasteiger partial charge in [-0.2, -0.15) is 18.6 Å².